The molecule has 0 bridgehead atoms. The van der Waals surface area contributed by atoms with Crippen molar-refractivity contribution in [2.75, 3.05) is 23.7 Å². The fraction of sp³-hybridized carbons (Fsp3) is 0.391. The summed E-state index contributed by atoms with van der Waals surface area (Å²) in [5.41, 5.74) is 3.49. The molecular weight excluding hydrogens is 396 g/mol. The quantitative estimate of drug-likeness (QED) is 0.533. The second-order valence-corrected chi connectivity index (χ2v) is 7.59. The van der Waals surface area contributed by atoms with Gasteiger partial charge in [-0.1, -0.05) is 6.92 Å². The first kappa shape index (κ1) is 24.0. The highest BCUT2D eigenvalue weighted by molar-refractivity contribution is 6.05. The molecule has 0 saturated carbocycles. The molecule has 2 amide bonds. The highest BCUT2D eigenvalue weighted by atomic mass is 16.2. The molecule has 8 nitrogen and oxygen atoms in total. The summed E-state index contributed by atoms with van der Waals surface area (Å²) < 4.78 is 0. The molecule has 1 heterocycles. The van der Waals surface area contributed by atoms with E-state index in [1.807, 2.05) is 6.92 Å². The molecule has 8 heteroatoms. The number of carbonyl (C=O) groups is 4. The van der Waals surface area contributed by atoms with Gasteiger partial charge in [0.1, 0.15) is 0 Å². The van der Waals surface area contributed by atoms with Gasteiger partial charge in [0.25, 0.3) is 0 Å². The number of aryl methyl sites for hydroxylation is 1. The van der Waals surface area contributed by atoms with Crippen molar-refractivity contribution in [1.29, 1.82) is 0 Å². The van der Waals surface area contributed by atoms with Gasteiger partial charge in [-0.3, -0.25) is 24.1 Å². The maximum absolute atomic E-state index is 13.1. The number of H-pyrrole nitrogens is 1. The summed E-state index contributed by atoms with van der Waals surface area (Å²) >= 11 is 0. The molecule has 0 saturated heterocycles. The van der Waals surface area contributed by atoms with E-state index in [1.165, 1.54) is 13.8 Å². The Morgan fingerprint density at radius 2 is 1.55 bits per heavy atom. The Bertz CT molecular complexity index is 992. The number of nitrogens with one attached hydrogen (secondary N) is 3. The van der Waals surface area contributed by atoms with Gasteiger partial charge in [-0.2, -0.15) is 0 Å². The zero-order chi connectivity index (χ0) is 23.3. The predicted octanol–water partition coefficient (Wildman–Crippen LogP) is 3.32. The number of ketones is 2. The van der Waals surface area contributed by atoms with Crippen LogP contribution in [0.25, 0.3) is 0 Å². The van der Waals surface area contributed by atoms with Crippen molar-refractivity contribution in [1.82, 2.24) is 9.88 Å². The summed E-state index contributed by atoms with van der Waals surface area (Å²) in [6.45, 7) is 10.6. The Labute approximate surface area is 182 Å². The lowest BCUT2D eigenvalue weighted by molar-refractivity contribution is -0.117. The number of carbonyl (C=O) groups excluding carboxylic acids is 4. The second-order valence-electron chi connectivity index (χ2n) is 7.59. The molecule has 1 aromatic carbocycles. The number of likely N-dealkylation sites (N-methyl/N-ethyl adjacent to an activating group) is 1. The predicted molar refractivity (Wildman–Crippen MR) is 121 cm³/mol. The number of anilines is 2. The van der Waals surface area contributed by atoms with Gasteiger partial charge in [-0.05, 0) is 64.1 Å². The van der Waals surface area contributed by atoms with Crippen molar-refractivity contribution in [2.24, 2.45) is 0 Å². The number of Topliss-reactive ketones (excluding diaryl/α,β-unsaturated/α-hetero) is 2. The molecule has 31 heavy (non-hydrogen) atoms. The molecule has 2 rings (SSSR count). The van der Waals surface area contributed by atoms with Crippen LogP contribution in [0, 0.1) is 13.8 Å². The van der Waals surface area contributed by atoms with E-state index in [0.717, 1.165) is 0 Å². The summed E-state index contributed by atoms with van der Waals surface area (Å²) in [7, 11) is 0. The van der Waals surface area contributed by atoms with Gasteiger partial charge in [-0.25, -0.2) is 0 Å². The Kier molecular flexibility index (Phi) is 7.88. The summed E-state index contributed by atoms with van der Waals surface area (Å²) in [5, 5.41) is 5.47. The molecule has 2 aromatic rings. The van der Waals surface area contributed by atoms with Crippen LogP contribution in [0.1, 0.15) is 59.8 Å². The molecule has 0 fully saturated rings. The molecule has 0 aliphatic carbocycles. The number of hydrogen-bond acceptors (Lipinski definition) is 5. The van der Waals surface area contributed by atoms with E-state index in [1.54, 1.807) is 49.9 Å². The topological polar surface area (TPSA) is 111 Å². The van der Waals surface area contributed by atoms with Gasteiger partial charge >= 0.3 is 0 Å². The van der Waals surface area contributed by atoms with Crippen LogP contribution in [0.4, 0.5) is 11.4 Å². The molecule has 0 aliphatic rings. The maximum Gasteiger partial charge on any atom is 0.238 e. The van der Waals surface area contributed by atoms with Gasteiger partial charge in [0.2, 0.25) is 11.8 Å². The zero-order valence-electron chi connectivity index (χ0n) is 18.9. The number of nitrogens with zero attached hydrogens (tertiary/aromatic N) is 1. The Morgan fingerprint density at radius 1 is 1.00 bits per heavy atom. The van der Waals surface area contributed by atoms with Crippen LogP contribution in [-0.4, -0.2) is 52.4 Å². The summed E-state index contributed by atoms with van der Waals surface area (Å²) in [4.78, 5) is 53.4. The van der Waals surface area contributed by atoms with Crippen LogP contribution in [0.2, 0.25) is 0 Å². The number of rotatable bonds is 9. The van der Waals surface area contributed by atoms with E-state index < -0.39 is 6.04 Å². The van der Waals surface area contributed by atoms with E-state index >= 15 is 0 Å². The Balaban J connectivity index is 2.07. The fourth-order valence-electron chi connectivity index (χ4n) is 3.65. The van der Waals surface area contributed by atoms with E-state index in [-0.39, 0.29) is 29.9 Å². The van der Waals surface area contributed by atoms with Gasteiger partial charge in [0.15, 0.2) is 11.6 Å². The minimum Gasteiger partial charge on any atom is -0.355 e. The van der Waals surface area contributed by atoms with Crippen LogP contribution < -0.4 is 10.6 Å². The molecule has 1 aromatic heterocycles. The third-order valence-corrected chi connectivity index (χ3v) is 5.21. The van der Waals surface area contributed by atoms with Crippen LogP contribution in [0.15, 0.2) is 24.3 Å². The van der Waals surface area contributed by atoms with E-state index in [0.29, 0.717) is 40.4 Å². The van der Waals surface area contributed by atoms with Crippen molar-refractivity contribution in [3.63, 3.8) is 0 Å². The van der Waals surface area contributed by atoms with Crippen molar-refractivity contribution in [3.8, 4) is 0 Å². The highest BCUT2D eigenvalue weighted by Gasteiger charge is 2.27. The zero-order valence-corrected chi connectivity index (χ0v) is 18.9. The average Bonchev–Trinajstić information content (AvgIpc) is 3.00. The van der Waals surface area contributed by atoms with Crippen molar-refractivity contribution >= 4 is 34.8 Å². The Morgan fingerprint density at radius 3 is 2.00 bits per heavy atom. The lowest BCUT2D eigenvalue weighted by Gasteiger charge is -2.26. The maximum atomic E-state index is 13.1. The van der Waals surface area contributed by atoms with Crippen molar-refractivity contribution < 1.29 is 19.2 Å². The number of amides is 2. The van der Waals surface area contributed by atoms with Gasteiger partial charge < -0.3 is 15.6 Å². The van der Waals surface area contributed by atoms with Gasteiger partial charge in [0, 0.05) is 29.6 Å². The lowest BCUT2D eigenvalue weighted by atomic mass is 10.0. The van der Waals surface area contributed by atoms with E-state index in [4.69, 9.17) is 0 Å². The number of aromatic nitrogens is 1. The van der Waals surface area contributed by atoms with E-state index in [9.17, 15) is 19.2 Å². The largest absolute Gasteiger partial charge is 0.355 e. The molecule has 1 unspecified atom stereocenters. The molecule has 0 radical (unpaired) electrons. The standard InChI is InChI=1S/C23H30N4O4/c1-7-27(12-20(30)26-19-10-8-18(9-11-19)25-17(6)29)15(4)23(31)22-13(2)21(16(5)28)14(3)24-22/h8-11,15,24H,7,12H2,1-6H3,(H,25,29)(H,26,30). The van der Waals surface area contributed by atoms with Crippen LogP contribution in [0.3, 0.4) is 0 Å². The van der Waals surface area contributed by atoms with Crippen LogP contribution >= 0.6 is 0 Å². The molecule has 3 N–H and O–H groups in total. The molecule has 166 valence electrons. The first-order valence-corrected chi connectivity index (χ1v) is 10.2. The normalized spacial score (nSPS) is 11.8. The number of benzene rings is 1. The molecule has 0 spiro atoms. The average molecular weight is 427 g/mol. The van der Waals surface area contributed by atoms with Crippen molar-refractivity contribution in [3.05, 3.63) is 46.8 Å². The van der Waals surface area contributed by atoms with Gasteiger partial charge in [-0.15, -0.1) is 0 Å². The molecule has 1 atom stereocenters. The minimum atomic E-state index is -0.547. The summed E-state index contributed by atoms with van der Waals surface area (Å²) in [6, 6.07) is 6.24. The summed E-state index contributed by atoms with van der Waals surface area (Å²) in [6.07, 6.45) is 0. The third-order valence-electron chi connectivity index (χ3n) is 5.21. The number of hydrogen-bond donors (Lipinski definition) is 3. The highest BCUT2D eigenvalue weighted by Crippen LogP contribution is 2.21. The van der Waals surface area contributed by atoms with Crippen molar-refractivity contribution in [2.45, 2.75) is 47.6 Å². The fourth-order valence-corrected chi connectivity index (χ4v) is 3.65. The van der Waals surface area contributed by atoms with Crippen LogP contribution in [-0.2, 0) is 9.59 Å². The number of aromatic amines is 1. The SMILES string of the molecule is CCN(CC(=O)Nc1ccc(NC(C)=O)cc1)C(C)C(=O)c1[nH]c(C)c(C(C)=O)c1C. The first-order valence-electron chi connectivity index (χ1n) is 10.2. The molecule has 0 aliphatic heterocycles. The summed E-state index contributed by atoms with van der Waals surface area (Å²) in [5.74, 6) is -0.675. The lowest BCUT2D eigenvalue weighted by Crippen LogP contribution is -2.43. The third kappa shape index (κ3) is 5.88. The van der Waals surface area contributed by atoms with E-state index in [2.05, 4.69) is 15.6 Å². The first-order chi connectivity index (χ1) is 14.5. The molecular formula is C23H30N4O4. The monoisotopic (exact) mass is 426 g/mol. The Hall–Kier alpha value is -3.26. The minimum absolute atomic E-state index is 0.0369. The van der Waals surface area contributed by atoms with Gasteiger partial charge in [0.05, 0.1) is 18.3 Å². The smallest absolute Gasteiger partial charge is 0.238 e. The van der Waals surface area contributed by atoms with Crippen LogP contribution in [0.5, 0.6) is 0 Å². The second kappa shape index (κ2) is 10.2.